The summed E-state index contributed by atoms with van der Waals surface area (Å²) in [4.78, 5) is 4.57. The number of benzene rings is 2. The van der Waals surface area contributed by atoms with Crippen LogP contribution in [-0.2, 0) is 5.75 Å². The first kappa shape index (κ1) is 14.9. The fourth-order valence-electron chi connectivity index (χ4n) is 2.45. The monoisotopic (exact) mass is 309 g/mol. The van der Waals surface area contributed by atoms with Crippen molar-refractivity contribution < 1.29 is 0 Å². The van der Waals surface area contributed by atoms with Crippen LogP contribution in [0.5, 0.6) is 0 Å². The van der Waals surface area contributed by atoms with Crippen molar-refractivity contribution in [2.75, 3.05) is 0 Å². The minimum atomic E-state index is 0.787. The summed E-state index contributed by atoms with van der Waals surface area (Å²) in [6.45, 7) is 6.34. The molecule has 1 aromatic heterocycles. The molecule has 2 aromatic carbocycles. The predicted molar refractivity (Wildman–Crippen MR) is 92.0 cm³/mol. The van der Waals surface area contributed by atoms with Crippen molar-refractivity contribution in [2.45, 2.75) is 31.7 Å². The maximum Gasteiger partial charge on any atom is 0.209 e. The first-order valence-corrected chi connectivity index (χ1v) is 8.28. The third kappa shape index (κ3) is 3.57. The van der Waals surface area contributed by atoms with Gasteiger partial charge in [0.2, 0.25) is 5.16 Å². The Morgan fingerprint density at radius 3 is 2.27 bits per heavy atom. The number of aryl methyl sites for hydroxylation is 3. The van der Waals surface area contributed by atoms with E-state index in [2.05, 4.69) is 78.4 Å². The predicted octanol–water partition coefficient (Wildman–Crippen LogP) is 4.69. The van der Waals surface area contributed by atoms with Crippen LogP contribution in [0.1, 0.15) is 22.3 Å². The minimum absolute atomic E-state index is 0.787. The van der Waals surface area contributed by atoms with Crippen LogP contribution in [0, 0.1) is 20.8 Å². The summed E-state index contributed by atoms with van der Waals surface area (Å²) >= 11 is 1.66. The van der Waals surface area contributed by atoms with Crippen molar-refractivity contribution >= 4 is 11.8 Å². The highest BCUT2D eigenvalue weighted by Crippen LogP contribution is 2.23. The summed E-state index contributed by atoms with van der Waals surface area (Å²) in [5, 5.41) is 8.11. The molecule has 0 saturated heterocycles. The maximum absolute atomic E-state index is 4.57. The molecule has 3 rings (SSSR count). The van der Waals surface area contributed by atoms with Gasteiger partial charge in [-0.1, -0.05) is 70.9 Å². The zero-order valence-corrected chi connectivity index (χ0v) is 13.9. The van der Waals surface area contributed by atoms with Gasteiger partial charge in [-0.05, 0) is 26.3 Å². The number of hydrogen-bond acceptors (Lipinski definition) is 3. The summed E-state index contributed by atoms with van der Waals surface area (Å²) in [6.07, 6.45) is 0. The Balaban J connectivity index is 1.70. The number of aromatic amines is 1. The fraction of sp³-hybridized carbons (Fsp3) is 0.222. The first-order valence-electron chi connectivity index (χ1n) is 7.29. The zero-order valence-electron chi connectivity index (χ0n) is 13.1. The van der Waals surface area contributed by atoms with Crippen LogP contribution in [0.25, 0.3) is 11.4 Å². The van der Waals surface area contributed by atoms with Crippen LogP contribution in [0.3, 0.4) is 0 Å². The molecule has 0 unspecified atom stereocenters. The molecule has 0 bridgehead atoms. The number of nitrogens with zero attached hydrogens (tertiary/aromatic N) is 2. The second-order valence-corrected chi connectivity index (χ2v) is 6.56. The maximum atomic E-state index is 4.57. The highest BCUT2D eigenvalue weighted by Gasteiger charge is 2.06. The van der Waals surface area contributed by atoms with Crippen LogP contribution in [0.4, 0.5) is 0 Å². The highest BCUT2D eigenvalue weighted by molar-refractivity contribution is 7.98. The molecule has 0 spiro atoms. The van der Waals surface area contributed by atoms with E-state index in [4.69, 9.17) is 0 Å². The Morgan fingerprint density at radius 2 is 1.59 bits per heavy atom. The number of aromatic nitrogens is 3. The lowest BCUT2D eigenvalue weighted by Gasteiger charge is -2.03. The molecule has 0 atom stereocenters. The van der Waals surface area contributed by atoms with Crippen LogP contribution in [-0.4, -0.2) is 15.2 Å². The average Bonchev–Trinajstić information content (AvgIpc) is 2.94. The summed E-state index contributed by atoms with van der Waals surface area (Å²) in [7, 11) is 0. The number of nitrogens with one attached hydrogen (secondary N) is 1. The summed E-state index contributed by atoms with van der Waals surface area (Å²) in [6, 6.07) is 14.9. The average molecular weight is 309 g/mol. The van der Waals surface area contributed by atoms with Gasteiger partial charge in [0.15, 0.2) is 5.82 Å². The van der Waals surface area contributed by atoms with Crippen LogP contribution >= 0.6 is 11.8 Å². The molecule has 0 aliphatic carbocycles. The van der Waals surface area contributed by atoms with Crippen molar-refractivity contribution in [3.8, 4) is 11.4 Å². The molecule has 0 aliphatic rings. The zero-order chi connectivity index (χ0) is 15.5. The minimum Gasteiger partial charge on any atom is -0.258 e. The van der Waals surface area contributed by atoms with Gasteiger partial charge in [0, 0.05) is 11.3 Å². The molecule has 1 heterocycles. The molecule has 0 fully saturated rings. The molecule has 112 valence electrons. The van der Waals surface area contributed by atoms with E-state index in [-0.39, 0.29) is 0 Å². The standard InChI is InChI=1S/C18H19N3S/c1-12-4-6-16(7-5-12)17-19-18(21-20-17)22-11-15-9-13(2)8-14(3)10-15/h4-10H,11H2,1-3H3,(H,19,20,21). The molecule has 4 heteroatoms. The molecule has 0 saturated carbocycles. The highest BCUT2D eigenvalue weighted by atomic mass is 32.2. The topological polar surface area (TPSA) is 41.6 Å². The van der Waals surface area contributed by atoms with E-state index in [9.17, 15) is 0 Å². The van der Waals surface area contributed by atoms with E-state index >= 15 is 0 Å². The quantitative estimate of drug-likeness (QED) is 0.711. The Bertz CT molecular complexity index is 755. The second kappa shape index (κ2) is 6.36. The lowest BCUT2D eigenvalue weighted by Crippen LogP contribution is -1.86. The van der Waals surface area contributed by atoms with Crippen LogP contribution in [0.15, 0.2) is 47.6 Å². The van der Waals surface area contributed by atoms with Gasteiger partial charge in [0.25, 0.3) is 0 Å². The number of H-pyrrole nitrogens is 1. The molecule has 22 heavy (non-hydrogen) atoms. The lowest BCUT2D eigenvalue weighted by molar-refractivity contribution is 0.973. The van der Waals surface area contributed by atoms with Gasteiger partial charge in [0.1, 0.15) is 0 Å². The van der Waals surface area contributed by atoms with Crippen molar-refractivity contribution in [3.63, 3.8) is 0 Å². The number of hydrogen-bond donors (Lipinski definition) is 1. The van der Waals surface area contributed by atoms with Gasteiger partial charge in [-0.15, -0.1) is 5.10 Å². The summed E-state index contributed by atoms with van der Waals surface area (Å²) < 4.78 is 0. The Kier molecular flexibility index (Phi) is 4.29. The van der Waals surface area contributed by atoms with Gasteiger partial charge >= 0.3 is 0 Å². The van der Waals surface area contributed by atoms with Crippen molar-refractivity contribution in [1.29, 1.82) is 0 Å². The fourth-order valence-corrected chi connectivity index (χ4v) is 3.18. The SMILES string of the molecule is Cc1ccc(-c2nc(SCc3cc(C)cc(C)c3)n[nH]2)cc1. The Hall–Kier alpha value is -2.07. The second-order valence-electron chi connectivity index (χ2n) is 5.62. The molecule has 0 amide bonds. The van der Waals surface area contributed by atoms with Gasteiger partial charge in [-0.3, -0.25) is 5.10 Å². The van der Waals surface area contributed by atoms with Gasteiger partial charge in [-0.25, -0.2) is 4.98 Å². The van der Waals surface area contributed by atoms with Gasteiger partial charge < -0.3 is 0 Å². The molecular formula is C18H19N3S. The van der Waals surface area contributed by atoms with Crippen molar-refractivity contribution in [3.05, 3.63) is 64.7 Å². The molecular weight excluding hydrogens is 290 g/mol. The van der Waals surface area contributed by atoms with Crippen molar-refractivity contribution in [2.24, 2.45) is 0 Å². The Morgan fingerprint density at radius 1 is 0.909 bits per heavy atom. The molecule has 1 N–H and O–H groups in total. The van der Waals surface area contributed by atoms with Crippen molar-refractivity contribution in [1.82, 2.24) is 15.2 Å². The van der Waals surface area contributed by atoms with Gasteiger partial charge in [-0.2, -0.15) is 0 Å². The molecule has 3 nitrogen and oxygen atoms in total. The summed E-state index contributed by atoms with van der Waals surface area (Å²) in [5.41, 5.74) is 6.21. The van der Waals surface area contributed by atoms with Crippen LogP contribution in [0.2, 0.25) is 0 Å². The molecule has 0 radical (unpaired) electrons. The normalized spacial score (nSPS) is 10.9. The van der Waals surface area contributed by atoms with Gasteiger partial charge in [0.05, 0.1) is 0 Å². The first-order chi connectivity index (χ1) is 10.6. The van der Waals surface area contributed by atoms with E-state index in [0.29, 0.717) is 0 Å². The van der Waals surface area contributed by atoms with E-state index in [1.54, 1.807) is 11.8 Å². The Labute approximate surface area is 135 Å². The van der Waals surface area contributed by atoms with E-state index in [1.807, 2.05) is 0 Å². The largest absolute Gasteiger partial charge is 0.258 e. The molecule has 3 aromatic rings. The smallest absolute Gasteiger partial charge is 0.209 e. The van der Waals surface area contributed by atoms with E-state index in [0.717, 1.165) is 22.3 Å². The van der Waals surface area contributed by atoms with E-state index < -0.39 is 0 Å². The summed E-state index contributed by atoms with van der Waals surface area (Å²) in [5.74, 6) is 1.70. The van der Waals surface area contributed by atoms with E-state index in [1.165, 1.54) is 22.3 Å². The molecule has 0 aliphatic heterocycles. The third-order valence-electron chi connectivity index (χ3n) is 3.44. The lowest BCUT2D eigenvalue weighted by atomic mass is 10.1. The third-order valence-corrected chi connectivity index (χ3v) is 4.36. The van der Waals surface area contributed by atoms with Crippen LogP contribution < -0.4 is 0 Å². The number of rotatable bonds is 4. The number of thioether (sulfide) groups is 1.